The molecule has 1 amide bonds. The third-order valence-electron chi connectivity index (χ3n) is 5.80. The molecule has 36 heavy (non-hydrogen) atoms. The van der Waals surface area contributed by atoms with Crippen molar-refractivity contribution in [2.75, 3.05) is 14.2 Å². The van der Waals surface area contributed by atoms with Crippen molar-refractivity contribution in [3.05, 3.63) is 98.5 Å². The second kappa shape index (κ2) is 10.2. The number of amides is 1. The number of methoxy groups -OCH3 is 2. The van der Waals surface area contributed by atoms with Gasteiger partial charge in [0.1, 0.15) is 22.4 Å². The van der Waals surface area contributed by atoms with Gasteiger partial charge in [0.05, 0.1) is 36.4 Å². The van der Waals surface area contributed by atoms with Crippen LogP contribution in [0.5, 0.6) is 11.5 Å². The molecular formula is C26H19Cl2F2NO5. The second-order valence-corrected chi connectivity index (χ2v) is 8.65. The average molecular weight is 534 g/mol. The number of hydrogen-bond donors (Lipinski definition) is 1. The minimum atomic E-state index is -1.30. The minimum Gasteiger partial charge on any atom is -0.507 e. The smallest absolute Gasteiger partial charge is 0.295 e. The Kier molecular flexibility index (Phi) is 7.19. The highest BCUT2D eigenvalue weighted by molar-refractivity contribution is 6.47. The van der Waals surface area contributed by atoms with Gasteiger partial charge in [-0.2, -0.15) is 0 Å². The monoisotopic (exact) mass is 533 g/mol. The van der Waals surface area contributed by atoms with Crippen molar-refractivity contribution in [3.63, 3.8) is 0 Å². The van der Waals surface area contributed by atoms with Crippen LogP contribution >= 0.6 is 23.2 Å². The van der Waals surface area contributed by atoms with E-state index in [4.69, 9.17) is 32.7 Å². The number of likely N-dealkylation sites (tertiary alicyclic amines) is 1. The molecule has 186 valence electrons. The fraction of sp³-hybridized carbons (Fsp3) is 0.154. The first kappa shape index (κ1) is 25.5. The third-order valence-corrected chi connectivity index (χ3v) is 6.42. The Morgan fingerprint density at radius 1 is 1.00 bits per heavy atom. The number of halogens is 4. The van der Waals surface area contributed by atoms with Gasteiger partial charge in [0.2, 0.25) is 0 Å². The highest BCUT2D eigenvalue weighted by Gasteiger charge is 2.47. The van der Waals surface area contributed by atoms with Crippen LogP contribution < -0.4 is 9.47 Å². The van der Waals surface area contributed by atoms with Crippen LogP contribution in [0, 0.1) is 11.6 Å². The van der Waals surface area contributed by atoms with E-state index in [1.807, 2.05) is 0 Å². The average Bonchev–Trinajstić information content (AvgIpc) is 3.10. The van der Waals surface area contributed by atoms with Gasteiger partial charge in [-0.25, -0.2) is 8.78 Å². The van der Waals surface area contributed by atoms with Crippen molar-refractivity contribution in [2.24, 2.45) is 0 Å². The summed E-state index contributed by atoms with van der Waals surface area (Å²) in [5.41, 5.74) is -0.00462. The summed E-state index contributed by atoms with van der Waals surface area (Å²) in [5.74, 6) is -3.84. The molecule has 1 heterocycles. The van der Waals surface area contributed by atoms with Crippen LogP contribution in [-0.2, 0) is 16.1 Å². The maximum Gasteiger partial charge on any atom is 0.295 e. The van der Waals surface area contributed by atoms with E-state index < -0.39 is 35.1 Å². The van der Waals surface area contributed by atoms with Crippen molar-refractivity contribution in [2.45, 2.75) is 12.6 Å². The topological polar surface area (TPSA) is 76.1 Å². The number of nitrogens with zero attached hydrogens (tertiary/aromatic N) is 1. The van der Waals surface area contributed by atoms with E-state index in [1.54, 1.807) is 0 Å². The van der Waals surface area contributed by atoms with E-state index in [0.717, 1.165) is 4.90 Å². The Morgan fingerprint density at radius 2 is 1.64 bits per heavy atom. The van der Waals surface area contributed by atoms with Crippen molar-refractivity contribution in [3.8, 4) is 11.5 Å². The lowest BCUT2D eigenvalue weighted by molar-refractivity contribution is -0.140. The van der Waals surface area contributed by atoms with Gasteiger partial charge in [-0.05, 0) is 29.8 Å². The Bertz CT molecular complexity index is 1390. The Hall–Kier alpha value is -3.62. The van der Waals surface area contributed by atoms with Gasteiger partial charge in [0, 0.05) is 12.1 Å². The van der Waals surface area contributed by atoms with E-state index in [-0.39, 0.29) is 44.8 Å². The molecule has 3 aromatic carbocycles. The van der Waals surface area contributed by atoms with E-state index in [9.17, 15) is 23.5 Å². The summed E-state index contributed by atoms with van der Waals surface area (Å²) in [6.07, 6.45) is 0. The summed E-state index contributed by atoms with van der Waals surface area (Å²) >= 11 is 12.6. The highest BCUT2D eigenvalue weighted by atomic mass is 35.5. The van der Waals surface area contributed by atoms with Crippen LogP contribution in [-0.4, -0.2) is 35.9 Å². The van der Waals surface area contributed by atoms with Gasteiger partial charge in [-0.15, -0.1) is 0 Å². The number of ether oxygens (including phenoxy) is 2. The van der Waals surface area contributed by atoms with Crippen LogP contribution in [0.1, 0.15) is 22.7 Å². The summed E-state index contributed by atoms with van der Waals surface area (Å²) in [6, 6.07) is 10.8. The third kappa shape index (κ3) is 4.38. The molecule has 1 fully saturated rings. The Balaban J connectivity index is 1.95. The number of rotatable bonds is 6. The van der Waals surface area contributed by atoms with E-state index in [1.165, 1.54) is 68.8 Å². The number of benzene rings is 3. The second-order valence-electron chi connectivity index (χ2n) is 7.86. The number of ketones is 1. The summed E-state index contributed by atoms with van der Waals surface area (Å²) < 4.78 is 38.9. The molecule has 4 rings (SSSR count). The van der Waals surface area contributed by atoms with Crippen molar-refractivity contribution in [1.29, 1.82) is 0 Å². The molecule has 0 spiro atoms. The van der Waals surface area contributed by atoms with Crippen LogP contribution in [0.25, 0.3) is 5.76 Å². The molecule has 3 aromatic rings. The summed E-state index contributed by atoms with van der Waals surface area (Å²) in [7, 11) is 2.62. The highest BCUT2D eigenvalue weighted by Crippen LogP contribution is 2.47. The Labute approximate surface area is 215 Å². The number of Topliss-reactive ketones (excluding diaryl/α,β-unsaturated/α-hetero) is 1. The first-order valence-corrected chi connectivity index (χ1v) is 11.3. The molecule has 0 bridgehead atoms. The zero-order valence-electron chi connectivity index (χ0n) is 19.0. The van der Waals surface area contributed by atoms with Crippen LogP contribution in [0.2, 0.25) is 10.0 Å². The molecule has 1 saturated heterocycles. The predicted octanol–water partition coefficient (Wildman–Crippen LogP) is 5.91. The molecule has 0 saturated carbocycles. The molecule has 6 nitrogen and oxygen atoms in total. The lowest BCUT2D eigenvalue weighted by Gasteiger charge is -2.26. The predicted molar refractivity (Wildman–Crippen MR) is 130 cm³/mol. The number of hydrogen-bond acceptors (Lipinski definition) is 5. The zero-order valence-corrected chi connectivity index (χ0v) is 20.5. The maximum absolute atomic E-state index is 15.0. The van der Waals surface area contributed by atoms with Crippen molar-refractivity contribution >= 4 is 40.7 Å². The summed E-state index contributed by atoms with van der Waals surface area (Å²) in [5, 5.41) is 11.3. The molecule has 1 N–H and O–H groups in total. The molecular weight excluding hydrogens is 515 g/mol. The minimum absolute atomic E-state index is 0.00725. The first-order chi connectivity index (χ1) is 17.2. The van der Waals surface area contributed by atoms with E-state index >= 15 is 0 Å². The molecule has 1 aliphatic heterocycles. The van der Waals surface area contributed by atoms with Crippen LogP contribution in [0.3, 0.4) is 0 Å². The first-order valence-electron chi connectivity index (χ1n) is 10.6. The van der Waals surface area contributed by atoms with E-state index in [0.29, 0.717) is 5.56 Å². The SMILES string of the molecule is COc1c(Cl)cc(/C(O)=C2\C(=O)C(=O)N(Cc3ccc(F)cc3)C2c2ccccc2F)c(OC)c1Cl. The number of carbonyl (C=O) groups excluding carboxylic acids is 2. The number of carbonyl (C=O) groups is 2. The fourth-order valence-electron chi connectivity index (χ4n) is 4.14. The molecule has 0 radical (unpaired) electrons. The molecule has 1 aliphatic rings. The standard InChI is InChI=1S/C26H19Cl2F2NO5/c1-35-24-16(11-17(27)25(36-2)20(24)28)22(32)19-21(15-5-3-4-6-18(15)30)31(26(34)23(19)33)12-13-7-9-14(29)10-8-13/h3-11,21,32H,12H2,1-2H3/b22-19+. The zero-order chi connectivity index (χ0) is 26.1. The lowest BCUT2D eigenvalue weighted by atomic mass is 9.94. The van der Waals surface area contributed by atoms with Crippen LogP contribution in [0.15, 0.2) is 60.2 Å². The fourth-order valence-corrected chi connectivity index (χ4v) is 4.83. The van der Waals surface area contributed by atoms with Gasteiger partial charge in [-0.3, -0.25) is 9.59 Å². The Morgan fingerprint density at radius 3 is 2.25 bits per heavy atom. The summed E-state index contributed by atoms with van der Waals surface area (Å²) in [6.45, 7) is -0.151. The quantitative estimate of drug-likeness (QED) is 0.242. The number of aliphatic hydroxyl groups excluding tert-OH is 1. The van der Waals surface area contributed by atoms with Crippen LogP contribution in [0.4, 0.5) is 8.78 Å². The summed E-state index contributed by atoms with van der Waals surface area (Å²) in [4.78, 5) is 27.5. The van der Waals surface area contributed by atoms with Gasteiger partial charge < -0.3 is 19.5 Å². The van der Waals surface area contributed by atoms with Gasteiger partial charge in [-0.1, -0.05) is 53.5 Å². The molecule has 0 aromatic heterocycles. The van der Waals surface area contributed by atoms with Crippen molar-refractivity contribution in [1.82, 2.24) is 4.90 Å². The van der Waals surface area contributed by atoms with Crippen molar-refractivity contribution < 1.29 is 33.0 Å². The maximum atomic E-state index is 15.0. The molecule has 0 aliphatic carbocycles. The lowest BCUT2D eigenvalue weighted by Crippen LogP contribution is -2.29. The molecule has 1 atom stereocenters. The molecule has 1 unspecified atom stereocenters. The van der Waals surface area contributed by atoms with E-state index in [2.05, 4.69) is 0 Å². The number of aliphatic hydroxyl groups is 1. The van der Waals surface area contributed by atoms with Gasteiger partial charge in [0.15, 0.2) is 11.5 Å². The molecule has 10 heteroatoms. The largest absolute Gasteiger partial charge is 0.507 e. The van der Waals surface area contributed by atoms with Gasteiger partial charge in [0.25, 0.3) is 11.7 Å². The van der Waals surface area contributed by atoms with Gasteiger partial charge >= 0.3 is 0 Å². The normalized spacial score (nSPS) is 16.9.